The molecule has 5 rings (SSSR count). The van der Waals surface area contributed by atoms with Gasteiger partial charge in [0, 0.05) is 29.9 Å². The summed E-state index contributed by atoms with van der Waals surface area (Å²) in [6, 6.07) is 24.9. The van der Waals surface area contributed by atoms with Crippen LogP contribution in [-0.4, -0.2) is 80.4 Å². The lowest BCUT2D eigenvalue weighted by molar-refractivity contribution is -0.192. The zero-order valence-electron chi connectivity index (χ0n) is 25.6. The Kier molecular flexibility index (Phi) is 12.9. The summed E-state index contributed by atoms with van der Waals surface area (Å²) in [6.07, 6.45) is -3.53. The van der Waals surface area contributed by atoms with Gasteiger partial charge in [-0.2, -0.15) is 21.6 Å². The molecule has 256 valence electrons. The number of hydrogen-bond acceptors (Lipinski definition) is 7. The number of carbonyl (C=O) groups is 1. The molecular formula is C32H37F3N2O8S2. The molecule has 1 saturated heterocycles. The molecular weight excluding hydrogens is 661 g/mol. The van der Waals surface area contributed by atoms with E-state index in [4.69, 9.17) is 14.5 Å². The van der Waals surface area contributed by atoms with E-state index >= 15 is 0 Å². The number of hydrogen-bond donors (Lipinski definition) is 4. The molecule has 10 nitrogen and oxygen atoms in total. The maximum absolute atomic E-state index is 12.7. The molecule has 0 saturated carbocycles. The molecule has 0 amide bonds. The molecule has 1 heterocycles. The van der Waals surface area contributed by atoms with Gasteiger partial charge >= 0.3 is 12.1 Å². The molecule has 0 aliphatic carbocycles. The van der Waals surface area contributed by atoms with Crippen LogP contribution in [0.15, 0.2) is 94.7 Å². The van der Waals surface area contributed by atoms with Crippen LogP contribution in [0, 0.1) is 5.92 Å². The fourth-order valence-corrected chi connectivity index (χ4v) is 7.32. The Hall–Kier alpha value is -3.60. The van der Waals surface area contributed by atoms with Crippen LogP contribution in [0.2, 0.25) is 0 Å². The molecule has 15 heteroatoms. The van der Waals surface area contributed by atoms with Gasteiger partial charge in [-0.3, -0.25) is 9.45 Å². The molecule has 0 spiro atoms. The van der Waals surface area contributed by atoms with Crippen molar-refractivity contribution in [2.45, 2.75) is 54.8 Å². The Labute approximate surface area is 271 Å². The minimum absolute atomic E-state index is 0.0207. The number of halogens is 3. The van der Waals surface area contributed by atoms with E-state index in [1.165, 1.54) is 6.07 Å². The van der Waals surface area contributed by atoms with Crippen LogP contribution in [0.3, 0.4) is 0 Å². The van der Waals surface area contributed by atoms with Crippen LogP contribution in [0.1, 0.15) is 26.7 Å². The smallest absolute Gasteiger partial charge is 0.475 e. The van der Waals surface area contributed by atoms with Crippen molar-refractivity contribution in [1.29, 1.82) is 0 Å². The van der Waals surface area contributed by atoms with Gasteiger partial charge in [-0.25, -0.2) is 17.9 Å². The first kappa shape index (κ1) is 37.9. The van der Waals surface area contributed by atoms with E-state index in [-0.39, 0.29) is 16.3 Å². The van der Waals surface area contributed by atoms with Gasteiger partial charge < -0.3 is 10.2 Å². The van der Waals surface area contributed by atoms with E-state index in [2.05, 4.69) is 23.5 Å². The Balaban J connectivity index is 0.000000237. The molecule has 2 atom stereocenters. The molecule has 1 fully saturated rings. The highest BCUT2D eigenvalue weighted by molar-refractivity contribution is 7.89. The normalized spacial score (nSPS) is 16.3. The topological polar surface area (TPSA) is 161 Å². The van der Waals surface area contributed by atoms with E-state index in [1.54, 1.807) is 48.5 Å². The van der Waals surface area contributed by atoms with Crippen LogP contribution in [-0.2, 0) is 24.9 Å². The molecule has 47 heavy (non-hydrogen) atoms. The molecule has 4 aromatic carbocycles. The number of likely N-dealkylation sites (tertiary alicyclic amines) is 1. The number of rotatable bonds is 8. The van der Waals surface area contributed by atoms with E-state index < -0.39 is 38.4 Å². The van der Waals surface area contributed by atoms with Crippen LogP contribution in [0.5, 0.6) is 0 Å². The minimum atomic E-state index is -5.08. The summed E-state index contributed by atoms with van der Waals surface area (Å²) in [5.41, 5.74) is 0. The minimum Gasteiger partial charge on any atom is -0.475 e. The largest absolute Gasteiger partial charge is 0.490 e. The van der Waals surface area contributed by atoms with E-state index in [1.807, 2.05) is 30.3 Å². The van der Waals surface area contributed by atoms with Crippen LogP contribution < -0.4 is 4.72 Å². The SMILES string of the molecule is CC(C)C1CCCN1C[C@@H](O)CNS(=O)(=O)c1cccc2ccccc12.O=C(O)C(F)(F)F.O=S(=O)(O)c1cccc2ccccc12. The van der Waals surface area contributed by atoms with Crippen LogP contribution >= 0.6 is 0 Å². The molecule has 0 bridgehead atoms. The zero-order chi connectivity index (χ0) is 35.0. The monoisotopic (exact) mass is 698 g/mol. The molecule has 0 aromatic heterocycles. The van der Waals surface area contributed by atoms with Crippen LogP contribution in [0.4, 0.5) is 13.2 Å². The van der Waals surface area contributed by atoms with Crippen molar-refractivity contribution in [2.24, 2.45) is 5.92 Å². The van der Waals surface area contributed by atoms with Crippen molar-refractivity contribution < 1.29 is 49.6 Å². The number of benzene rings is 4. The molecule has 4 aromatic rings. The summed E-state index contributed by atoms with van der Waals surface area (Å²) in [4.78, 5) is 11.4. The number of aliphatic hydroxyl groups excluding tert-OH is 1. The van der Waals surface area contributed by atoms with E-state index in [0.717, 1.165) is 30.2 Å². The highest BCUT2D eigenvalue weighted by Gasteiger charge is 2.38. The third-order valence-corrected chi connectivity index (χ3v) is 9.84. The Morgan fingerprint density at radius 1 is 0.872 bits per heavy atom. The zero-order valence-corrected chi connectivity index (χ0v) is 27.3. The predicted octanol–water partition coefficient (Wildman–Crippen LogP) is 5.32. The fraction of sp³-hybridized carbons (Fsp3) is 0.344. The Morgan fingerprint density at radius 3 is 1.83 bits per heavy atom. The molecule has 0 radical (unpaired) electrons. The molecule has 4 N–H and O–H groups in total. The molecule has 1 aliphatic heterocycles. The average molecular weight is 699 g/mol. The lowest BCUT2D eigenvalue weighted by Crippen LogP contribution is -2.43. The number of nitrogens with zero attached hydrogens (tertiary/aromatic N) is 1. The molecule has 1 aliphatic rings. The van der Waals surface area contributed by atoms with Crippen LogP contribution in [0.25, 0.3) is 21.5 Å². The van der Waals surface area contributed by atoms with E-state index in [0.29, 0.717) is 29.3 Å². The number of carboxylic acid groups (broad SMARTS) is 1. The van der Waals surface area contributed by atoms with Gasteiger partial charge in [-0.1, -0.05) is 86.6 Å². The van der Waals surface area contributed by atoms with Crippen molar-refractivity contribution in [3.05, 3.63) is 84.9 Å². The van der Waals surface area contributed by atoms with Gasteiger partial charge in [-0.15, -0.1) is 0 Å². The third kappa shape index (κ3) is 10.7. The number of nitrogens with one attached hydrogen (secondary N) is 1. The van der Waals surface area contributed by atoms with Gasteiger partial charge in [0.1, 0.15) is 4.90 Å². The number of aliphatic carboxylic acids is 1. The quantitative estimate of drug-likeness (QED) is 0.179. The summed E-state index contributed by atoms with van der Waals surface area (Å²) >= 11 is 0. The third-order valence-electron chi connectivity index (χ3n) is 7.45. The highest BCUT2D eigenvalue weighted by atomic mass is 32.2. The summed E-state index contributed by atoms with van der Waals surface area (Å²) in [6.45, 7) is 5.88. The number of β-amino-alcohol motifs (C(OH)–C–C–N with tert-alkyl or cyclic N) is 1. The Morgan fingerprint density at radius 2 is 1.34 bits per heavy atom. The lowest BCUT2D eigenvalue weighted by atomic mass is 10.0. The summed E-state index contributed by atoms with van der Waals surface area (Å²) in [7, 11) is -7.80. The van der Waals surface area contributed by atoms with Crippen molar-refractivity contribution >= 4 is 47.7 Å². The summed E-state index contributed by atoms with van der Waals surface area (Å²) in [5, 5.41) is 20.4. The summed E-state index contributed by atoms with van der Waals surface area (Å²) < 4.78 is 90.7. The van der Waals surface area contributed by atoms with Crippen molar-refractivity contribution in [2.75, 3.05) is 19.6 Å². The number of carboxylic acids is 1. The highest BCUT2D eigenvalue weighted by Crippen LogP contribution is 2.25. The van der Waals surface area contributed by atoms with Crippen molar-refractivity contribution in [3.8, 4) is 0 Å². The van der Waals surface area contributed by atoms with Gasteiger partial charge in [0.15, 0.2) is 0 Å². The van der Waals surface area contributed by atoms with Crippen molar-refractivity contribution in [3.63, 3.8) is 0 Å². The average Bonchev–Trinajstić information content (AvgIpc) is 3.47. The summed E-state index contributed by atoms with van der Waals surface area (Å²) in [5.74, 6) is -2.22. The lowest BCUT2D eigenvalue weighted by Gasteiger charge is -2.29. The van der Waals surface area contributed by atoms with Gasteiger partial charge in [-0.05, 0) is 48.2 Å². The van der Waals surface area contributed by atoms with Crippen molar-refractivity contribution in [1.82, 2.24) is 9.62 Å². The number of aliphatic hydroxyl groups is 1. The number of sulfonamides is 1. The maximum Gasteiger partial charge on any atom is 0.490 e. The number of alkyl halides is 3. The van der Waals surface area contributed by atoms with Gasteiger partial charge in [0.2, 0.25) is 10.0 Å². The second-order valence-corrected chi connectivity index (χ2v) is 14.3. The second-order valence-electron chi connectivity index (χ2n) is 11.2. The predicted molar refractivity (Wildman–Crippen MR) is 172 cm³/mol. The van der Waals surface area contributed by atoms with E-state index in [9.17, 15) is 35.1 Å². The maximum atomic E-state index is 12.7. The molecule has 1 unspecified atom stereocenters. The van der Waals surface area contributed by atoms with Gasteiger partial charge in [0.05, 0.1) is 11.0 Å². The fourth-order valence-electron chi connectivity index (χ4n) is 5.30. The Bertz CT molecular complexity index is 1870. The first-order valence-corrected chi connectivity index (χ1v) is 17.5. The second kappa shape index (κ2) is 16.0. The first-order valence-electron chi connectivity index (χ1n) is 14.6. The standard InChI is InChI=1S/C20H28N2O3S.C10H8O3S.C2HF3O2/c1-15(2)19-10-6-12-22(19)14-17(23)13-21-26(24,25)20-11-5-8-16-7-3-4-9-18(16)20;11-14(12,13)10-7-3-5-8-4-1-2-6-9(8)10;3-2(4,5)1(6)7/h3-5,7-9,11,15,17,19,21,23H,6,10,12-14H2,1-2H3;1-7H,(H,11,12,13);(H,6,7)/t17-,19?;;/m0../s1. The first-order chi connectivity index (χ1) is 21.9. The number of fused-ring (bicyclic) bond motifs is 2. The van der Waals surface area contributed by atoms with Gasteiger partial charge in [0.25, 0.3) is 10.1 Å².